The number of nitrogens with one attached hydrogen (secondary N) is 1. The third kappa shape index (κ3) is 4.91. The Hall–Kier alpha value is -1.75. The number of aryl methyl sites for hydroxylation is 2. The number of amides is 1. The number of hydrogen-bond donors (Lipinski definition) is 1. The molecule has 0 saturated heterocycles. The zero-order valence-corrected chi connectivity index (χ0v) is 16.5. The molecule has 0 radical (unpaired) electrons. The average Bonchev–Trinajstić information content (AvgIpc) is 2.93. The van der Waals surface area contributed by atoms with E-state index in [-0.39, 0.29) is 5.91 Å². The van der Waals surface area contributed by atoms with Crippen LogP contribution >= 0.6 is 11.8 Å². The van der Waals surface area contributed by atoms with E-state index in [0.717, 1.165) is 46.1 Å². The molecule has 1 aromatic carbocycles. The fraction of sp³-hybridized carbons (Fsp3) is 0.524. The molecule has 1 saturated carbocycles. The Morgan fingerprint density at radius 3 is 2.54 bits per heavy atom. The molecule has 0 atom stereocenters. The van der Waals surface area contributed by atoms with E-state index in [9.17, 15) is 4.79 Å². The lowest BCUT2D eigenvalue weighted by atomic mass is 9.96. The molecule has 1 amide bonds. The van der Waals surface area contributed by atoms with Crippen molar-refractivity contribution in [1.29, 1.82) is 0 Å². The molecule has 1 aromatic heterocycles. The second-order valence-corrected chi connectivity index (χ2v) is 8.12. The van der Waals surface area contributed by atoms with Crippen LogP contribution in [0.5, 0.6) is 0 Å². The molecule has 1 aliphatic rings. The van der Waals surface area contributed by atoms with Crippen molar-refractivity contribution in [1.82, 2.24) is 10.5 Å². The monoisotopic (exact) mass is 372 g/mol. The van der Waals surface area contributed by atoms with Crippen molar-refractivity contribution >= 4 is 17.7 Å². The van der Waals surface area contributed by atoms with Gasteiger partial charge in [-0.05, 0) is 38.8 Å². The SMILES string of the molecule is Cc1noc(C)c1CSc1ccccc1C(=O)NC1CCCCCCC1. The summed E-state index contributed by atoms with van der Waals surface area (Å²) in [4.78, 5) is 13.9. The van der Waals surface area contributed by atoms with Crippen molar-refractivity contribution < 1.29 is 9.32 Å². The lowest BCUT2D eigenvalue weighted by molar-refractivity contribution is 0.0927. The van der Waals surface area contributed by atoms with Gasteiger partial charge >= 0.3 is 0 Å². The first-order valence-corrected chi connectivity index (χ1v) is 10.6. The van der Waals surface area contributed by atoms with E-state index in [1.54, 1.807) is 11.8 Å². The number of aromatic nitrogens is 1. The summed E-state index contributed by atoms with van der Waals surface area (Å²) in [6.07, 6.45) is 8.54. The molecule has 5 heteroatoms. The molecular weight excluding hydrogens is 344 g/mol. The van der Waals surface area contributed by atoms with Crippen molar-refractivity contribution in [3.63, 3.8) is 0 Å². The molecule has 1 heterocycles. The Kier molecular flexibility index (Phi) is 6.78. The summed E-state index contributed by atoms with van der Waals surface area (Å²) < 4.78 is 5.24. The quantitative estimate of drug-likeness (QED) is 0.711. The lowest BCUT2D eigenvalue weighted by Crippen LogP contribution is -2.35. The third-order valence-electron chi connectivity index (χ3n) is 5.13. The highest BCUT2D eigenvalue weighted by atomic mass is 32.2. The van der Waals surface area contributed by atoms with Crippen LogP contribution in [-0.4, -0.2) is 17.1 Å². The second kappa shape index (κ2) is 9.26. The van der Waals surface area contributed by atoms with E-state index in [4.69, 9.17) is 4.52 Å². The summed E-state index contributed by atoms with van der Waals surface area (Å²) >= 11 is 1.67. The maximum absolute atomic E-state index is 12.9. The van der Waals surface area contributed by atoms with Crippen LogP contribution in [-0.2, 0) is 5.75 Å². The fourth-order valence-corrected chi connectivity index (χ4v) is 4.70. The van der Waals surface area contributed by atoms with Crippen LogP contribution in [0.2, 0.25) is 0 Å². The molecule has 0 aliphatic heterocycles. The van der Waals surface area contributed by atoms with Crippen molar-refractivity contribution in [2.24, 2.45) is 0 Å². The Morgan fingerprint density at radius 1 is 1.15 bits per heavy atom. The molecule has 26 heavy (non-hydrogen) atoms. The minimum Gasteiger partial charge on any atom is -0.361 e. The third-order valence-corrected chi connectivity index (χ3v) is 6.23. The lowest BCUT2D eigenvalue weighted by Gasteiger charge is -2.21. The van der Waals surface area contributed by atoms with E-state index in [2.05, 4.69) is 10.5 Å². The van der Waals surface area contributed by atoms with E-state index in [1.807, 2.05) is 38.1 Å². The van der Waals surface area contributed by atoms with Gasteiger partial charge in [-0.15, -0.1) is 11.8 Å². The van der Waals surface area contributed by atoms with Crippen LogP contribution in [0, 0.1) is 13.8 Å². The summed E-state index contributed by atoms with van der Waals surface area (Å²) in [7, 11) is 0. The van der Waals surface area contributed by atoms with Gasteiger partial charge in [-0.3, -0.25) is 4.79 Å². The molecule has 1 fully saturated rings. The Balaban J connectivity index is 1.66. The van der Waals surface area contributed by atoms with Gasteiger partial charge in [-0.1, -0.05) is 49.4 Å². The highest BCUT2D eigenvalue weighted by Gasteiger charge is 2.18. The van der Waals surface area contributed by atoms with Crippen LogP contribution < -0.4 is 5.32 Å². The van der Waals surface area contributed by atoms with Gasteiger partial charge in [0.25, 0.3) is 5.91 Å². The Labute approximate surface area is 160 Å². The zero-order chi connectivity index (χ0) is 18.4. The molecule has 0 bridgehead atoms. The summed E-state index contributed by atoms with van der Waals surface area (Å²) in [6.45, 7) is 3.89. The predicted molar refractivity (Wildman–Crippen MR) is 106 cm³/mol. The number of benzene rings is 1. The minimum atomic E-state index is 0.0532. The van der Waals surface area contributed by atoms with Crippen LogP contribution in [0.25, 0.3) is 0 Å². The smallest absolute Gasteiger partial charge is 0.252 e. The first-order chi connectivity index (χ1) is 12.6. The molecule has 140 valence electrons. The molecule has 1 N–H and O–H groups in total. The number of rotatable bonds is 5. The maximum atomic E-state index is 12.9. The molecular formula is C21H28N2O2S. The number of carbonyl (C=O) groups excluding carboxylic acids is 1. The first-order valence-electron chi connectivity index (χ1n) is 9.59. The van der Waals surface area contributed by atoms with Gasteiger partial charge in [0.1, 0.15) is 5.76 Å². The van der Waals surface area contributed by atoms with E-state index < -0.39 is 0 Å². The van der Waals surface area contributed by atoms with Crippen LogP contribution in [0.3, 0.4) is 0 Å². The van der Waals surface area contributed by atoms with E-state index in [1.165, 1.54) is 32.1 Å². The Morgan fingerprint density at radius 2 is 1.85 bits per heavy atom. The van der Waals surface area contributed by atoms with Crippen molar-refractivity contribution in [2.75, 3.05) is 0 Å². The van der Waals surface area contributed by atoms with Crippen molar-refractivity contribution in [3.05, 3.63) is 46.8 Å². The van der Waals surface area contributed by atoms with Crippen molar-refractivity contribution in [2.45, 2.75) is 75.5 Å². The van der Waals surface area contributed by atoms with Gasteiger partial charge in [0.05, 0.1) is 11.3 Å². The number of hydrogen-bond acceptors (Lipinski definition) is 4. The minimum absolute atomic E-state index is 0.0532. The number of nitrogens with zero attached hydrogens (tertiary/aromatic N) is 1. The van der Waals surface area contributed by atoms with Gasteiger partial charge in [-0.2, -0.15) is 0 Å². The second-order valence-electron chi connectivity index (χ2n) is 7.10. The molecule has 3 rings (SSSR count). The standard InChI is InChI=1S/C21H28N2O2S/c1-15-19(16(2)25-23-15)14-26-20-13-9-8-12-18(20)21(24)22-17-10-6-4-3-5-7-11-17/h8-9,12-13,17H,3-7,10-11,14H2,1-2H3,(H,22,24). The van der Waals surface area contributed by atoms with Gasteiger partial charge in [0, 0.05) is 22.3 Å². The van der Waals surface area contributed by atoms with Crippen LogP contribution in [0.15, 0.2) is 33.7 Å². The molecule has 0 spiro atoms. The topological polar surface area (TPSA) is 55.1 Å². The predicted octanol–water partition coefficient (Wildman–Crippen LogP) is 5.43. The summed E-state index contributed by atoms with van der Waals surface area (Å²) in [6, 6.07) is 8.18. The summed E-state index contributed by atoms with van der Waals surface area (Å²) in [5.41, 5.74) is 2.81. The number of carbonyl (C=O) groups is 1. The number of thioether (sulfide) groups is 1. The summed E-state index contributed by atoms with van der Waals surface area (Å²) in [5, 5.41) is 7.29. The Bertz CT molecular complexity index is 714. The van der Waals surface area contributed by atoms with Crippen molar-refractivity contribution in [3.8, 4) is 0 Å². The van der Waals surface area contributed by atoms with E-state index in [0.29, 0.717) is 6.04 Å². The van der Waals surface area contributed by atoms with Crippen LogP contribution in [0.1, 0.15) is 72.3 Å². The molecule has 1 aliphatic carbocycles. The molecule has 4 nitrogen and oxygen atoms in total. The fourth-order valence-electron chi connectivity index (χ4n) is 3.50. The van der Waals surface area contributed by atoms with Gasteiger partial charge in [0.2, 0.25) is 0 Å². The van der Waals surface area contributed by atoms with Gasteiger partial charge < -0.3 is 9.84 Å². The van der Waals surface area contributed by atoms with Gasteiger partial charge in [-0.25, -0.2) is 0 Å². The maximum Gasteiger partial charge on any atom is 0.252 e. The van der Waals surface area contributed by atoms with Crippen LogP contribution in [0.4, 0.5) is 0 Å². The highest BCUT2D eigenvalue weighted by molar-refractivity contribution is 7.98. The van der Waals surface area contributed by atoms with Gasteiger partial charge in [0.15, 0.2) is 0 Å². The summed E-state index contributed by atoms with van der Waals surface area (Å²) in [5.74, 6) is 1.67. The zero-order valence-electron chi connectivity index (χ0n) is 15.7. The highest BCUT2D eigenvalue weighted by Crippen LogP contribution is 2.29. The van der Waals surface area contributed by atoms with E-state index >= 15 is 0 Å². The molecule has 0 unspecified atom stereocenters. The average molecular weight is 373 g/mol. The largest absolute Gasteiger partial charge is 0.361 e. The first kappa shape index (κ1) is 19.0. The molecule has 2 aromatic rings. The normalized spacial score (nSPS) is 16.1.